The third-order valence-electron chi connectivity index (χ3n) is 4.28. The van der Waals surface area contributed by atoms with Gasteiger partial charge in [-0.2, -0.15) is 8.78 Å². The Bertz CT molecular complexity index is 1190. The van der Waals surface area contributed by atoms with Crippen LogP contribution in [0.4, 0.5) is 8.78 Å². The molecule has 0 unspecified atom stereocenters. The van der Waals surface area contributed by atoms with E-state index in [0.29, 0.717) is 30.0 Å². The summed E-state index contributed by atoms with van der Waals surface area (Å²) < 4.78 is 34.8. The zero-order valence-electron chi connectivity index (χ0n) is 15.0. The smallest absolute Gasteiger partial charge is 0.387 e. The third kappa shape index (κ3) is 3.72. The fourth-order valence-electron chi connectivity index (χ4n) is 3.17. The van der Waals surface area contributed by atoms with Crippen LogP contribution < -0.4 is 10.3 Å². The predicted molar refractivity (Wildman–Crippen MR) is 100 cm³/mol. The van der Waals surface area contributed by atoms with Crippen LogP contribution in [0.5, 0.6) is 5.75 Å². The molecule has 0 saturated carbocycles. The highest BCUT2D eigenvalue weighted by Gasteiger charge is 2.14. The summed E-state index contributed by atoms with van der Waals surface area (Å²) in [4.78, 5) is 21.6. The molecule has 8 heteroatoms. The lowest BCUT2D eigenvalue weighted by Gasteiger charge is -2.16. The van der Waals surface area contributed by atoms with Gasteiger partial charge in [0.2, 0.25) is 5.58 Å². The molecule has 0 spiro atoms. The first-order chi connectivity index (χ1) is 13.5. The normalized spacial score (nSPS) is 11.8. The molecule has 2 aromatic heterocycles. The van der Waals surface area contributed by atoms with Gasteiger partial charge in [-0.3, -0.25) is 9.69 Å². The van der Waals surface area contributed by atoms with Crippen molar-refractivity contribution in [1.82, 2.24) is 14.9 Å². The van der Waals surface area contributed by atoms with Crippen LogP contribution in [0.15, 0.2) is 57.7 Å². The number of nitrogens with one attached hydrogen (secondary N) is 1. The number of furan rings is 1. The van der Waals surface area contributed by atoms with Crippen molar-refractivity contribution in [3.05, 3.63) is 70.3 Å². The Kier molecular flexibility index (Phi) is 4.79. The molecule has 0 saturated heterocycles. The Morgan fingerprint density at radius 3 is 2.82 bits per heavy atom. The quantitative estimate of drug-likeness (QED) is 0.545. The van der Waals surface area contributed by atoms with E-state index in [2.05, 4.69) is 14.7 Å². The highest BCUT2D eigenvalue weighted by Crippen LogP contribution is 2.24. The number of para-hydroxylation sites is 1. The second-order valence-corrected chi connectivity index (χ2v) is 6.49. The molecule has 1 N–H and O–H groups in total. The highest BCUT2D eigenvalue weighted by molar-refractivity contribution is 6.01. The summed E-state index contributed by atoms with van der Waals surface area (Å²) in [5, 5.41) is 0.782. The molecule has 0 fully saturated rings. The lowest BCUT2D eigenvalue weighted by atomic mass is 10.2. The van der Waals surface area contributed by atoms with Crippen LogP contribution in [0.25, 0.3) is 22.1 Å². The third-order valence-corrected chi connectivity index (χ3v) is 4.28. The first-order valence-corrected chi connectivity index (χ1v) is 8.62. The van der Waals surface area contributed by atoms with E-state index in [-0.39, 0.29) is 16.9 Å². The van der Waals surface area contributed by atoms with Gasteiger partial charge in [0.25, 0.3) is 5.56 Å². The molecule has 4 aromatic rings. The van der Waals surface area contributed by atoms with Crippen LogP contribution in [0.1, 0.15) is 11.4 Å². The van der Waals surface area contributed by atoms with Crippen molar-refractivity contribution in [2.45, 2.75) is 19.7 Å². The van der Waals surface area contributed by atoms with Gasteiger partial charge >= 0.3 is 6.61 Å². The number of benzene rings is 2. The van der Waals surface area contributed by atoms with Gasteiger partial charge in [-0.15, -0.1) is 0 Å². The van der Waals surface area contributed by atoms with Crippen molar-refractivity contribution in [2.75, 3.05) is 7.05 Å². The summed E-state index contributed by atoms with van der Waals surface area (Å²) in [6.07, 6.45) is 0. The maximum atomic E-state index is 12.4. The number of hydrogen-bond acceptors (Lipinski definition) is 5. The average Bonchev–Trinajstić information content (AvgIpc) is 3.01. The Labute approximate surface area is 158 Å². The van der Waals surface area contributed by atoms with E-state index in [9.17, 15) is 13.6 Å². The van der Waals surface area contributed by atoms with Crippen molar-refractivity contribution in [3.63, 3.8) is 0 Å². The molecule has 6 nitrogen and oxygen atoms in total. The van der Waals surface area contributed by atoms with Crippen LogP contribution in [0.2, 0.25) is 0 Å². The van der Waals surface area contributed by atoms with E-state index in [4.69, 9.17) is 4.42 Å². The van der Waals surface area contributed by atoms with Crippen LogP contribution in [-0.4, -0.2) is 28.5 Å². The van der Waals surface area contributed by atoms with Gasteiger partial charge in [-0.25, -0.2) is 4.98 Å². The Morgan fingerprint density at radius 1 is 1.18 bits per heavy atom. The number of halogens is 2. The molecule has 0 aliphatic carbocycles. The maximum absolute atomic E-state index is 12.4. The number of nitrogens with zero attached hydrogens (tertiary/aromatic N) is 2. The molecule has 28 heavy (non-hydrogen) atoms. The van der Waals surface area contributed by atoms with Gasteiger partial charge in [-0.1, -0.05) is 24.3 Å². The maximum Gasteiger partial charge on any atom is 0.387 e. The molecule has 2 aromatic carbocycles. The number of ether oxygens (including phenoxy) is 1. The fraction of sp³-hybridized carbons (Fsp3) is 0.200. The van der Waals surface area contributed by atoms with E-state index < -0.39 is 6.61 Å². The predicted octanol–water partition coefficient (Wildman–Crippen LogP) is 3.90. The number of aromatic amines is 1. The molecular formula is C20H17F2N3O3. The molecule has 0 bridgehead atoms. The van der Waals surface area contributed by atoms with Crippen LogP contribution in [-0.2, 0) is 13.1 Å². The molecular weight excluding hydrogens is 368 g/mol. The zero-order valence-corrected chi connectivity index (χ0v) is 15.0. The molecule has 0 atom stereocenters. The number of fused-ring (bicyclic) bond motifs is 3. The fourth-order valence-corrected chi connectivity index (χ4v) is 3.17. The minimum atomic E-state index is -2.86. The molecule has 0 amide bonds. The molecule has 2 heterocycles. The summed E-state index contributed by atoms with van der Waals surface area (Å²) in [6, 6.07) is 13.9. The van der Waals surface area contributed by atoms with Crippen molar-refractivity contribution in [1.29, 1.82) is 0 Å². The summed E-state index contributed by atoms with van der Waals surface area (Å²) in [7, 11) is 1.85. The number of hydrogen-bond donors (Lipinski definition) is 1. The first-order valence-electron chi connectivity index (χ1n) is 8.62. The summed E-state index contributed by atoms with van der Waals surface area (Å²) >= 11 is 0. The molecule has 4 rings (SSSR count). The van der Waals surface area contributed by atoms with Crippen LogP contribution in [0, 0.1) is 0 Å². The zero-order chi connectivity index (χ0) is 19.7. The number of aromatic nitrogens is 2. The van der Waals surface area contributed by atoms with Crippen molar-refractivity contribution in [3.8, 4) is 5.75 Å². The van der Waals surface area contributed by atoms with E-state index in [1.807, 2.05) is 36.2 Å². The van der Waals surface area contributed by atoms with Crippen LogP contribution in [0.3, 0.4) is 0 Å². The summed E-state index contributed by atoms with van der Waals surface area (Å²) in [5.41, 5.74) is 1.80. The highest BCUT2D eigenvalue weighted by atomic mass is 19.3. The van der Waals surface area contributed by atoms with Gasteiger partial charge < -0.3 is 14.1 Å². The topological polar surface area (TPSA) is 71.4 Å². The molecule has 144 valence electrons. The van der Waals surface area contributed by atoms with E-state index in [1.54, 1.807) is 18.2 Å². The van der Waals surface area contributed by atoms with E-state index >= 15 is 0 Å². The molecule has 0 aliphatic rings. The monoisotopic (exact) mass is 385 g/mol. The molecule has 0 aliphatic heterocycles. The van der Waals surface area contributed by atoms with Gasteiger partial charge in [0.1, 0.15) is 22.7 Å². The number of alkyl halides is 2. The summed E-state index contributed by atoms with van der Waals surface area (Å²) in [5.74, 6) is 0.602. The molecule has 0 radical (unpaired) electrons. The van der Waals surface area contributed by atoms with E-state index in [0.717, 1.165) is 10.9 Å². The minimum absolute atomic E-state index is 0.110. The lowest BCUT2D eigenvalue weighted by molar-refractivity contribution is -0.0499. The Balaban J connectivity index is 1.56. The number of H-pyrrole nitrogens is 1. The van der Waals surface area contributed by atoms with Crippen LogP contribution >= 0.6 is 0 Å². The second kappa shape index (κ2) is 7.40. The SMILES string of the molecule is CN(Cc1cccc(OC(F)F)c1)Cc1nc2c(oc3ccccc32)c(=O)[nH]1. The average molecular weight is 385 g/mol. The van der Waals surface area contributed by atoms with Gasteiger partial charge in [0.15, 0.2) is 0 Å². The van der Waals surface area contributed by atoms with Gasteiger partial charge in [0, 0.05) is 11.9 Å². The minimum Gasteiger partial charge on any atom is -0.449 e. The Hall–Kier alpha value is -3.26. The Morgan fingerprint density at radius 2 is 2.00 bits per heavy atom. The van der Waals surface area contributed by atoms with Gasteiger partial charge in [0.05, 0.1) is 6.54 Å². The lowest BCUT2D eigenvalue weighted by Crippen LogP contribution is -2.21. The van der Waals surface area contributed by atoms with Crippen molar-refractivity contribution >= 4 is 22.1 Å². The van der Waals surface area contributed by atoms with Gasteiger partial charge in [-0.05, 0) is 36.9 Å². The largest absolute Gasteiger partial charge is 0.449 e. The first kappa shape index (κ1) is 18.1. The van der Waals surface area contributed by atoms with Crippen molar-refractivity contribution in [2.24, 2.45) is 0 Å². The number of rotatable bonds is 6. The second-order valence-electron chi connectivity index (χ2n) is 6.49. The summed E-state index contributed by atoms with van der Waals surface area (Å²) in [6.45, 7) is -2.03. The van der Waals surface area contributed by atoms with E-state index in [1.165, 1.54) is 6.07 Å². The van der Waals surface area contributed by atoms with Crippen molar-refractivity contribution < 1.29 is 17.9 Å². The standard InChI is InChI=1S/C20H17F2N3O3/c1-25(10-12-5-4-6-13(9-12)27-20(21)22)11-16-23-17-14-7-2-3-8-15(14)28-18(17)19(26)24-16/h2-9,20H,10-11H2,1H3,(H,23,24,26).